The number of carbonyl (C=O) groups is 1. The Kier molecular flexibility index (Phi) is 6.12. The van der Waals surface area contributed by atoms with Crippen LogP contribution in [0, 0.1) is 11.3 Å². The van der Waals surface area contributed by atoms with Crippen LogP contribution in [0.25, 0.3) is 0 Å². The van der Waals surface area contributed by atoms with E-state index in [-0.39, 0.29) is 23.1 Å². The van der Waals surface area contributed by atoms with Gasteiger partial charge in [-0.2, -0.15) is 9.57 Å². The van der Waals surface area contributed by atoms with Crippen LogP contribution in [0.5, 0.6) is 0 Å². The van der Waals surface area contributed by atoms with E-state index >= 15 is 0 Å². The Morgan fingerprint density at radius 2 is 1.96 bits per heavy atom. The summed E-state index contributed by atoms with van der Waals surface area (Å²) in [6.07, 6.45) is 2.76. The fourth-order valence-corrected chi connectivity index (χ4v) is 4.99. The molecule has 3 rings (SSSR count). The molecule has 1 aliphatic rings. The van der Waals surface area contributed by atoms with Crippen molar-refractivity contribution in [1.82, 2.24) is 4.31 Å². The van der Waals surface area contributed by atoms with Crippen LogP contribution < -0.4 is 0 Å². The van der Waals surface area contributed by atoms with Gasteiger partial charge in [0.1, 0.15) is 6.61 Å². The van der Waals surface area contributed by atoms with E-state index in [0.29, 0.717) is 17.7 Å². The van der Waals surface area contributed by atoms with E-state index in [1.165, 1.54) is 28.6 Å². The van der Waals surface area contributed by atoms with Crippen molar-refractivity contribution in [2.45, 2.75) is 43.7 Å². The Balaban J connectivity index is 1.68. The molecule has 0 aliphatic carbocycles. The molecule has 1 aliphatic heterocycles. The zero-order valence-electron chi connectivity index (χ0n) is 15.7. The van der Waals surface area contributed by atoms with Crippen LogP contribution in [0.4, 0.5) is 0 Å². The van der Waals surface area contributed by atoms with E-state index in [1.807, 2.05) is 13.0 Å². The van der Waals surface area contributed by atoms with Gasteiger partial charge < -0.3 is 4.74 Å². The lowest BCUT2D eigenvalue weighted by atomic mass is 10.1. The van der Waals surface area contributed by atoms with Gasteiger partial charge in [-0.3, -0.25) is 0 Å². The third-order valence-corrected chi connectivity index (χ3v) is 6.89. The van der Waals surface area contributed by atoms with Gasteiger partial charge in [-0.05, 0) is 61.7 Å². The molecule has 2 aromatic rings. The van der Waals surface area contributed by atoms with E-state index in [9.17, 15) is 13.2 Å². The molecule has 0 bridgehead atoms. The summed E-state index contributed by atoms with van der Waals surface area (Å²) in [5.74, 6) is -0.544. The maximum Gasteiger partial charge on any atom is 0.338 e. The molecule has 0 radical (unpaired) electrons. The van der Waals surface area contributed by atoms with Gasteiger partial charge >= 0.3 is 5.97 Å². The van der Waals surface area contributed by atoms with Crippen LogP contribution in [-0.2, 0) is 21.4 Å². The van der Waals surface area contributed by atoms with E-state index in [0.717, 1.165) is 19.3 Å². The van der Waals surface area contributed by atoms with Gasteiger partial charge in [0.15, 0.2) is 0 Å². The molecule has 1 heterocycles. The molecule has 2 aromatic carbocycles. The average Bonchev–Trinajstić information content (AvgIpc) is 2.72. The largest absolute Gasteiger partial charge is 0.457 e. The molecule has 1 saturated heterocycles. The normalized spacial score (nSPS) is 17.6. The highest BCUT2D eigenvalue weighted by Gasteiger charge is 2.30. The van der Waals surface area contributed by atoms with E-state index in [2.05, 4.69) is 0 Å². The number of rotatable bonds is 5. The number of esters is 1. The summed E-state index contributed by atoms with van der Waals surface area (Å²) in [5, 5.41) is 8.91. The van der Waals surface area contributed by atoms with Crippen molar-refractivity contribution in [1.29, 1.82) is 5.26 Å². The molecule has 7 heteroatoms. The summed E-state index contributed by atoms with van der Waals surface area (Å²) in [7, 11) is -3.57. The number of hydrogen-bond acceptors (Lipinski definition) is 5. The van der Waals surface area contributed by atoms with Crippen LogP contribution in [-0.4, -0.2) is 31.3 Å². The van der Waals surface area contributed by atoms with Crippen molar-refractivity contribution in [3.8, 4) is 6.07 Å². The Morgan fingerprint density at radius 3 is 2.64 bits per heavy atom. The first-order valence-corrected chi connectivity index (χ1v) is 10.6. The Bertz CT molecular complexity index is 994. The molecule has 146 valence electrons. The molecule has 0 N–H and O–H groups in total. The van der Waals surface area contributed by atoms with Crippen molar-refractivity contribution in [3.05, 3.63) is 65.2 Å². The van der Waals surface area contributed by atoms with Gasteiger partial charge in [-0.25, -0.2) is 13.2 Å². The highest BCUT2D eigenvalue weighted by atomic mass is 32.2. The molecule has 28 heavy (non-hydrogen) atoms. The molecule has 0 saturated carbocycles. The molecular formula is C21H22N2O4S. The first kappa shape index (κ1) is 20.1. The summed E-state index contributed by atoms with van der Waals surface area (Å²) in [5.41, 5.74) is 1.49. The fourth-order valence-electron chi connectivity index (χ4n) is 3.29. The number of ether oxygens (including phenoxy) is 1. The highest BCUT2D eigenvalue weighted by Crippen LogP contribution is 2.25. The number of benzene rings is 2. The summed E-state index contributed by atoms with van der Waals surface area (Å²) < 4.78 is 32.5. The molecule has 0 aromatic heterocycles. The molecule has 1 atom stereocenters. The maximum absolute atomic E-state index is 12.8. The molecule has 1 fully saturated rings. The highest BCUT2D eigenvalue weighted by molar-refractivity contribution is 7.89. The van der Waals surface area contributed by atoms with E-state index in [1.54, 1.807) is 24.3 Å². The number of piperidine rings is 1. The minimum atomic E-state index is -3.57. The van der Waals surface area contributed by atoms with Crippen LogP contribution in [0.3, 0.4) is 0 Å². The van der Waals surface area contributed by atoms with E-state index < -0.39 is 16.0 Å². The second-order valence-corrected chi connectivity index (χ2v) is 8.76. The minimum Gasteiger partial charge on any atom is -0.457 e. The molecular weight excluding hydrogens is 376 g/mol. The third-order valence-electron chi connectivity index (χ3n) is 4.86. The van der Waals surface area contributed by atoms with Crippen molar-refractivity contribution in [2.75, 3.05) is 6.54 Å². The Labute approximate surface area is 165 Å². The molecule has 6 nitrogen and oxygen atoms in total. The lowest BCUT2D eigenvalue weighted by Crippen LogP contribution is -2.41. The topological polar surface area (TPSA) is 87.5 Å². The quantitative estimate of drug-likeness (QED) is 0.720. The predicted molar refractivity (Wildman–Crippen MR) is 104 cm³/mol. The van der Waals surface area contributed by atoms with Gasteiger partial charge in [0.05, 0.1) is 22.1 Å². The molecule has 0 spiro atoms. The number of nitriles is 1. The van der Waals surface area contributed by atoms with Gasteiger partial charge in [0.2, 0.25) is 10.0 Å². The molecule has 0 amide bonds. The minimum absolute atomic E-state index is 0.0208. The van der Waals surface area contributed by atoms with Crippen molar-refractivity contribution in [3.63, 3.8) is 0 Å². The van der Waals surface area contributed by atoms with Crippen molar-refractivity contribution < 1.29 is 17.9 Å². The zero-order chi connectivity index (χ0) is 20.1. The smallest absolute Gasteiger partial charge is 0.338 e. The molecule has 0 unspecified atom stereocenters. The van der Waals surface area contributed by atoms with Crippen LogP contribution >= 0.6 is 0 Å². The number of nitrogens with zero attached hydrogens (tertiary/aromatic N) is 2. The number of carbonyl (C=O) groups excluding carboxylic acids is 1. The lowest BCUT2D eigenvalue weighted by molar-refractivity contribution is 0.0472. The fraction of sp³-hybridized carbons (Fsp3) is 0.333. The van der Waals surface area contributed by atoms with Crippen molar-refractivity contribution in [2.24, 2.45) is 0 Å². The monoisotopic (exact) mass is 398 g/mol. The van der Waals surface area contributed by atoms with Crippen LogP contribution in [0.1, 0.15) is 47.7 Å². The summed E-state index contributed by atoms with van der Waals surface area (Å²) >= 11 is 0. The maximum atomic E-state index is 12.8. The van der Waals surface area contributed by atoms with Gasteiger partial charge in [0, 0.05) is 12.6 Å². The standard InChI is InChI=1S/C21H22N2O4S/c1-16-5-2-3-12-23(16)28(25,26)20-10-8-19(9-11-20)21(24)27-15-18-7-4-6-17(13-18)14-22/h4,6-11,13,16H,2-3,5,12,15H2,1H3/t16-/m0/s1. The third kappa shape index (κ3) is 4.41. The van der Waals surface area contributed by atoms with Gasteiger partial charge in [-0.1, -0.05) is 18.6 Å². The van der Waals surface area contributed by atoms with Crippen LogP contribution in [0.15, 0.2) is 53.4 Å². The average molecular weight is 398 g/mol. The number of hydrogen-bond donors (Lipinski definition) is 0. The SMILES string of the molecule is C[C@H]1CCCCN1S(=O)(=O)c1ccc(C(=O)OCc2cccc(C#N)c2)cc1. The Hall–Kier alpha value is -2.69. The second-order valence-electron chi connectivity index (χ2n) is 6.87. The van der Waals surface area contributed by atoms with Crippen LogP contribution in [0.2, 0.25) is 0 Å². The summed E-state index contributed by atoms with van der Waals surface area (Å²) in [6, 6.07) is 14.7. The van der Waals surface area contributed by atoms with E-state index in [4.69, 9.17) is 10.00 Å². The second kappa shape index (κ2) is 8.55. The number of sulfonamides is 1. The van der Waals surface area contributed by atoms with Gasteiger partial charge in [0.25, 0.3) is 0 Å². The van der Waals surface area contributed by atoms with Crippen molar-refractivity contribution >= 4 is 16.0 Å². The van der Waals surface area contributed by atoms with Gasteiger partial charge in [-0.15, -0.1) is 0 Å². The predicted octanol–water partition coefficient (Wildman–Crippen LogP) is 3.48. The summed E-state index contributed by atoms with van der Waals surface area (Å²) in [4.78, 5) is 12.4. The Morgan fingerprint density at radius 1 is 1.21 bits per heavy atom. The first-order valence-electron chi connectivity index (χ1n) is 9.20. The zero-order valence-corrected chi connectivity index (χ0v) is 16.5. The first-order chi connectivity index (χ1) is 13.4. The lowest BCUT2D eigenvalue weighted by Gasteiger charge is -2.32. The summed E-state index contributed by atoms with van der Waals surface area (Å²) in [6.45, 7) is 2.48.